The highest BCUT2D eigenvalue weighted by atomic mass is 35.5. The van der Waals surface area contributed by atoms with E-state index in [1.165, 1.54) is 27.8 Å². The predicted molar refractivity (Wildman–Crippen MR) is 109 cm³/mol. The fourth-order valence-electron chi connectivity index (χ4n) is 3.74. The second kappa shape index (κ2) is 7.39. The number of halogens is 1. The Hall–Kier alpha value is -2.51. The molecule has 1 aliphatic rings. The highest BCUT2D eigenvalue weighted by Gasteiger charge is 2.23. The Kier molecular flexibility index (Phi) is 4.81. The van der Waals surface area contributed by atoms with Gasteiger partial charge in [-0.1, -0.05) is 66.2 Å². The number of fused-ring (bicyclic) bond motifs is 1. The van der Waals surface area contributed by atoms with Gasteiger partial charge in [0.2, 0.25) is 0 Å². The van der Waals surface area contributed by atoms with Gasteiger partial charge in [-0.15, -0.1) is 0 Å². The van der Waals surface area contributed by atoms with Gasteiger partial charge in [-0.05, 0) is 70.9 Å². The zero-order valence-corrected chi connectivity index (χ0v) is 15.5. The fraction of sp³-hybridized carbons (Fsp3) is 0.167. The van der Waals surface area contributed by atoms with Gasteiger partial charge in [-0.25, -0.2) is 0 Å². The van der Waals surface area contributed by atoms with E-state index in [1.807, 2.05) is 18.2 Å². The first-order chi connectivity index (χ1) is 12.7. The zero-order valence-electron chi connectivity index (χ0n) is 14.8. The molecule has 1 aliphatic carbocycles. The Morgan fingerprint density at radius 1 is 0.962 bits per heavy atom. The Morgan fingerprint density at radius 3 is 2.46 bits per heavy atom. The van der Waals surface area contributed by atoms with E-state index in [9.17, 15) is 0 Å². The van der Waals surface area contributed by atoms with Crippen LogP contribution in [-0.2, 0) is 6.42 Å². The molecule has 3 aromatic carbocycles. The molecule has 2 heteroatoms. The van der Waals surface area contributed by atoms with E-state index in [0.29, 0.717) is 5.92 Å². The minimum absolute atomic E-state index is 0.435. The summed E-state index contributed by atoms with van der Waals surface area (Å²) in [5, 5.41) is 0.804. The lowest BCUT2D eigenvalue weighted by Gasteiger charge is -2.26. The molecular formula is C24H21ClO. The molecule has 130 valence electrons. The third kappa shape index (κ3) is 3.40. The van der Waals surface area contributed by atoms with Gasteiger partial charge < -0.3 is 4.74 Å². The van der Waals surface area contributed by atoms with Gasteiger partial charge in [-0.2, -0.15) is 0 Å². The number of methoxy groups -OCH3 is 1. The van der Waals surface area contributed by atoms with E-state index >= 15 is 0 Å². The quantitative estimate of drug-likeness (QED) is 0.515. The summed E-state index contributed by atoms with van der Waals surface area (Å²) in [6.07, 6.45) is 4.39. The molecule has 0 aromatic heterocycles. The molecule has 3 aromatic rings. The van der Waals surface area contributed by atoms with Gasteiger partial charge in [-0.3, -0.25) is 0 Å². The molecule has 0 amide bonds. The molecule has 0 spiro atoms. The largest absolute Gasteiger partial charge is 0.497 e. The van der Waals surface area contributed by atoms with Gasteiger partial charge in [0.15, 0.2) is 0 Å². The molecule has 26 heavy (non-hydrogen) atoms. The first-order valence-electron chi connectivity index (χ1n) is 8.93. The Labute approximate surface area is 159 Å². The van der Waals surface area contributed by atoms with Crippen molar-refractivity contribution in [2.45, 2.75) is 18.8 Å². The molecule has 0 heterocycles. The van der Waals surface area contributed by atoms with Crippen molar-refractivity contribution in [3.8, 4) is 5.75 Å². The maximum Gasteiger partial charge on any atom is 0.118 e. The standard InChI is InChI=1S/C24H21ClO/c1-26-21-11-7-17(8-12-21)15-19-9-13-22(18-5-3-2-4-6-18)23-14-10-20(25)16-24(19)23/h2-8,10-14,16,19H,9,15H2,1H3. The smallest absolute Gasteiger partial charge is 0.118 e. The lowest BCUT2D eigenvalue weighted by Crippen LogP contribution is -2.10. The van der Waals surface area contributed by atoms with Crippen LogP contribution in [0.2, 0.25) is 5.02 Å². The van der Waals surface area contributed by atoms with E-state index < -0.39 is 0 Å². The molecule has 0 saturated heterocycles. The van der Waals surface area contributed by atoms with E-state index in [4.69, 9.17) is 16.3 Å². The molecule has 4 rings (SSSR count). The summed E-state index contributed by atoms with van der Waals surface area (Å²) < 4.78 is 5.27. The monoisotopic (exact) mass is 360 g/mol. The number of hydrogen-bond acceptors (Lipinski definition) is 1. The first-order valence-corrected chi connectivity index (χ1v) is 9.31. The molecule has 1 nitrogen and oxygen atoms in total. The van der Waals surface area contributed by atoms with Crippen molar-refractivity contribution in [3.05, 3.63) is 106 Å². The number of allylic oxidation sites excluding steroid dienone is 1. The summed E-state index contributed by atoms with van der Waals surface area (Å²) in [6.45, 7) is 0. The van der Waals surface area contributed by atoms with E-state index in [0.717, 1.165) is 23.6 Å². The SMILES string of the molecule is COc1ccc(CC2CC=C(c3ccccc3)c3ccc(Cl)cc32)cc1. The Bertz CT molecular complexity index is 926. The molecule has 0 bridgehead atoms. The summed E-state index contributed by atoms with van der Waals surface area (Å²) in [4.78, 5) is 0. The van der Waals surface area contributed by atoms with Crippen molar-refractivity contribution in [3.63, 3.8) is 0 Å². The van der Waals surface area contributed by atoms with Crippen molar-refractivity contribution in [2.75, 3.05) is 7.11 Å². The highest BCUT2D eigenvalue weighted by Crippen LogP contribution is 2.40. The van der Waals surface area contributed by atoms with Crippen LogP contribution in [0.3, 0.4) is 0 Å². The topological polar surface area (TPSA) is 9.23 Å². The number of benzene rings is 3. The second-order valence-electron chi connectivity index (χ2n) is 6.70. The van der Waals surface area contributed by atoms with Crippen LogP contribution < -0.4 is 4.74 Å². The van der Waals surface area contributed by atoms with Crippen LogP contribution in [0.25, 0.3) is 5.57 Å². The zero-order chi connectivity index (χ0) is 17.9. The normalized spacial score (nSPS) is 15.9. The maximum atomic E-state index is 6.34. The summed E-state index contributed by atoms with van der Waals surface area (Å²) in [5.74, 6) is 1.33. The predicted octanol–water partition coefficient (Wildman–Crippen LogP) is 6.51. The van der Waals surface area contributed by atoms with Crippen LogP contribution in [0, 0.1) is 0 Å². The number of rotatable bonds is 4. The maximum absolute atomic E-state index is 6.34. The third-order valence-electron chi connectivity index (χ3n) is 5.08. The van der Waals surface area contributed by atoms with Crippen molar-refractivity contribution < 1.29 is 4.74 Å². The Balaban J connectivity index is 1.68. The molecule has 0 saturated carbocycles. The van der Waals surface area contributed by atoms with Gasteiger partial charge in [0.25, 0.3) is 0 Å². The van der Waals surface area contributed by atoms with Crippen molar-refractivity contribution >= 4 is 17.2 Å². The molecule has 0 aliphatic heterocycles. The van der Waals surface area contributed by atoms with Crippen molar-refractivity contribution in [2.24, 2.45) is 0 Å². The van der Waals surface area contributed by atoms with Gasteiger partial charge in [0, 0.05) is 5.02 Å². The van der Waals surface area contributed by atoms with E-state index in [-0.39, 0.29) is 0 Å². The van der Waals surface area contributed by atoms with Crippen molar-refractivity contribution in [1.82, 2.24) is 0 Å². The summed E-state index contributed by atoms with van der Waals surface area (Å²) in [5.41, 5.74) is 6.53. The summed E-state index contributed by atoms with van der Waals surface area (Å²) in [7, 11) is 1.70. The van der Waals surface area contributed by atoms with Crippen LogP contribution in [-0.4, -0.2) is 7.11 Å². The minimum atomic E-state index is 0.435. The van der Waals surface area contributed by atoms with E-state index in [1.54, 1.807) is 7.11 Å². The summed E-state index contributed by atoms with van der Waals surface area (Å²) in [6, 6.07) is 25.3. The lowest BCUT2D eigenvalue weighted by atomic mass is 9.78. The highest BCUT2D eigenvalue weighted by molar-refractivity contribution is 6.30. The van der Waals surface area contributed by atoms with Gasteiger partial charge in [0.05, 0.1) is 7.11 Å². The van der Waals surface area contributed by atoms with Crippen LogP contribution in [0.4, 0.5) is 0 Å². The molecule has 1 atom stereocenters. The Morgan fingerprint density at radius 2 is 1.73 bits per heavy atom. The molecule has 0 fully saturated rings. The number of hydrogen-bond donors (Lipinski definition) is 0. The van der Waals surface area contributed by atoms with Gasteiger partial charge >= 0.3 is 0 Å². The minimum Gasteiger partial charge on any atom is -0.497 e. The van der Waals surface area contributed by atoms with Crippen LogP contribution >= 0.6 is 11.6 Å². The van der Waals surface area contributed by atoms with Gasteiger partial charge in [0.1, 0.15) is 5.75 Å². The first kappa shape index (κ1) is 16.9. The average Bonchev–Trinajstić information content (AvgIpc) is 2.69. The third-order valence-corrected chi connectivity index (χ3v) is 5.31. The lowest BCUT2D eigenvalue weighted by molar-refractivity contribution is 0.414. The average molecular weight is 361 g/mol. The van der Waals surface area contributed by atoms with Crippen LogP contribution in [0.5, 0.6) is 5.75 Å². The van der Waals surface area contributed by atoms with E-state index in [2.05, 4.69) is 60.7 Å². The number of ether oxygens (including phenoxy) is 1. The fourth-order valence-corrected chi connectivity index (χ4v) is 3.92. The molecule has 0 radical (unpaired) electrons. The van der Waals surface area contributed by atoms with Crippen LogP contribution in [0.1, 0.15) is 34.6 Å². The summed E-state index contributed by atoms with van der Waals surface area (Å²) >= 11 is 6.34. The molecular weight excluding hydrogens is 340 g/mol. The molecule has 0 N–H and O–H groups in total. The second-order valence-corrected chi connectivity index (χ2v) is 7.14. The molecule has 1 unspecified atom stereocenters. The van der Waals surface area contributed by atoms with Crippen LogP contribution in [0.15, 0.2) is 78.9 Å². The van der Waals surface area contributed by atoms with Crippen molar-refractivity contribution in [1.29, 1.82) is 0 Å².